The van der Waals surface area contributed by atoms with Gasteiger partial charge in [0.2, 0.25) is 0 Å². The smallest absolute Gasteiger partial charge is 0.123 e. The van der Waals surface area contributed by atoms with E-state index in [4.69, 9.17) is 0 Å². The van der Waals surface area contributed by atoms with Crippen LogP contribution in [0.15, 0.2) is 60.7 Å². The molecule has 5 rings (SSSR count). The Bertz CT molecular complexity index is 944. The quantitative estimate of drug-likeness (QED) is 0.598. The topological polar surface area (TPSA) is 12.0 Å². The highest BCUT2D eigenvalue weighted by atomic mass is 19.1. The van der Waals surface area contributed by atoms with Crippen molar-refractivity contribution in [1.82, 2.24) is 0 Å². The largest absolute Gasteiger partial charge is 0.355 e. The summed E-state index contributed by atoms with van der Waals surface area (Å²) in [7, 11) is 0. The first kappa shape index (κ1) is 12.0. The maximum absolute atomic E-state index is 13.8. The molecule has 3 aromatic carbocycles. The number of nitrogens with one attached hydrogen (secondary N) is 1. The molecule has 1 nitrogen and oxygen atoms in total. The number of rotatable bonds is 0. The Morgan fingerprint density at radius 3 is 2.55 bits per heavy atom. The van der Waals surface area contributed by atoms with Crippen molar-refractivity contribution in [1.29, 1.82) is 0 Å². The van der Waals surface area contributed by atoms with Crippen LogP contribution in [0.4, 0.5) is 15.8 Å². The van der Waals surface area contributed by atoms with Crippen molar-refractivity contribution in [3.05, 3.63) is 83.2 Å². The monoisotopic (exact) mass is 287 g/mol. The third kappa shape index (κ3) is 1.24. The second kappa shape index (κ2) is 3.77. The van der Waals surface area contributed by atoms with E-state index in [0.29, 0.717) is 0 Å². The maximum Gasteiger partial charge on any atom is 0.123 e. The minimum absolute atomic E-state index is 0.181. The lowest BCUT2D eigenvalue weighted by molar-refractivity contribution is 0.625. The van der Waals surface area contributed by atoms with Crippen LogP contribution in [0, 0.1) is 5.82 Å². The molecule has 1 aliphatic carbocycles. The molecular weight excluding hydrogens is 273 g/mol. The van der Waals surface area contributed by atoms with E-state index in [1.807, 2.05) is 18.2 Å². The molecule has 0 fully saturated rings. The van der Waals surface area contributed by atoms with Crippen LogP contribution in [-0.2, 0) is 5.41 Å². The molecule has 0 aromatic heterocycles. The van der Waals surface area contributed by atoms with Gasteiger partial charge >= 0.3 is 0 Å². The average Bonchev–Trinajstić information content (AvgIpc) is 2.79. The molecule has 0 bridgehead atoms. The highest BCUT2D eigenvalue weighted by Crippen LogP contribution is 2.58. The summed E-state index contributed by atoms with van der Waals surface area (Å²) >= 11 is 0. The zero-order chi connectivity index (χ0) is 14.9. The highest BCUT2D eigenvalue weighted by Gasteiger charge is 2.45. The lowest BCUT2D eigenvalue weighted by Crippen LogP contribution is -2.28. The number of benzene rings is 3. The third-order valence-corrected chi connectivity index (χ3v) is 5.11. The minimum Gasteiger partial charge on any atom is -0.355 e. The van der Waals surface area contributed by atoms with Crippen molar-refractivity contribution in [3.63, 3.8) is 0 Å². The van der Waals surface area contributed by atoms with E-state index in [9.17, 15) is 4.39 Å². The van der Waals surface area contributed by atoms with Crippen LogP contribution in [0.1, 0.15) is 23.6 Å². The van der Waals surface area contributed by atoms with Gasteiger partial charge in [0.05, 0.1) is 0 Å². The molecule has 1 atom stereocenters. The first-order chi connectivity index (χ1) is 10.7. The van der Waals surface area contributed by atoms with Gasteiger partial charge in [0.1, 0.15) is 5.82 Å². The van der Waals surface area contributed by atoms with E-state index in [1.165, 1.54) is 16.7 Å². The fourth-order valence-electron chi connectivity index (χ4n) is 4.18. The maximum atomic E-state index is 13.8. The van der Waals surface area contributed by atoms with Gasteiger partial charge in [0.15, 0.2) is 0 Å². The van der Waals surface area contributed by atoms with Crippen molar-refractivity contribution in [2.45, 2.75) is 12.3 Å². The molecule has 1 heterocycles. The average molecular weight is 287 g/mol. The summed E-state index contributed by atoms with van der Waals surface area (Å²) in [5.41, 5.74) is 7.87. The molecule has 2 aliphatic rings. The molecule has 1 N–H and O–H groups in total. The van der Waals surface area contributed by atoms with E-state index in [2.05, 4.69) is 42.6 Å². The Morgan fingerprint density at radius 1 is 0.818 bits per heavy atom. The molecule has 3 aromatic rings. The van der Waals surface area contributed by atoms with Gasteiger partial charge in [-0.2, -0.15) is 0 Å². The molecule has 1 aliphatic heterocycles. The highest BCUT2D eigenvalue weighted by molar-refractivity contribution is 5.93. The van der Waals surface area contributed by atoms with Gasteiger partial charge in [0.25, 0.3) is 0 Å². The summed E-state index contributed by atoms with van der Waals surface area (Å²) < 4.78 is 13.8. The van der Waals surface area contributed by atoms with Crippen molar-refractivity contribution in [2.24, 2.45) is 0 Å². The molecule has 106 valence electrons. The Morgan fingerprint density at radius 2 is 1.64 bits per heavy atom. The fraction of sp³-hybridized carbons (Fsp3) is 0.100. The predicted octanol–water partition coefficient (Wildman–Crippen LogP) is 5.22. The van der Waals surface area contributed by atoms with Gasteiger partial charge in [-0.3, -0.25) is 0 Å². The van der Waals surface area contributed by atoms with E-state index in [0.717, 1.165) is 22.5 Å². The van der Waals surface area contributed by atoms with Crippen molar-refractivity contribution >= 4 is 11.4 Å². The van der Waals surface area contributed by atoms with Gasteiger partial charge in [-0.15, -0.1) is 0 Å². The lowest BCUT2D eigenvalue weighted by Gasteiger charge is -2.36. The molecule has 0 amide bonds. The first-order valence-electron chi connectivity index (χ1n) is 7.50. The number of hydrogen-bond acceptors (Lipinski definition) is 1. The minimum atomic E-state index is -0.225. The van der Waals surface area contributed by atoms with Crippen LogP contribution in [0.3, 0.4) is 0 Å². The van der Waals surface area contributed by atoms with E-state index in [1.54, 1.807) is 12.1 Å². The Kier molecular flexibility index (Phi) is 2.06. The van der Waals surface area contributed by atoms with Crippen molar-refractivity contribution in [3.8, 4) is 11.1 Å². The van der Waals surface area contributed by atoms with Crippen LogP contribution in [0.2, 0.25) is 0 Å². The Labute approximate surface area is 128 Å². The number of hydrogen-bond donors (Lipinski definition) is 1. The molecule has 0 saturated heterocycles. The van der Waals surface area contributed by atoms with E-state index >= 15 is 0 Å². The summed E-state index contributed by atoms with van der Waals surface area (Å²) in [6.07, 6.45) is 0. The lowest BCUT2D eigenvalue weighted by atomic mass is 9.71. The normalized spacial score (nSPS) is 19.9. The number of para-hydroxylation sites is 1. The number of anilines is 2. The summed E-state index contributed by atoms with van der Waals surface area (Å²) in [5, 5.41) is 3.53. The second-order valence-electron chi connectivity index (χ2n) is 6.21. The Hall–Kier alpha value is -2.61. The molecule has 0 spiro atoms. The molecule has 0 saturated carbocycles. The number of fused-ring (bicyclic) bond motifs is 5. The first-order valence-corrected chi connectivity index (χ1v) is 7.50. The van der Waals surface area contributed by atoms with Gasteiger partial charge in [-0.05, 0) is 59.0 Å². The zero-order valence-electron chi connectivity index (χ0n) is 12.2. The zero-order valence-corrected chi connectivity index (χ0v) is 12.2. The molecule has 22 heavy (non-hydrogen) atoms. The summed E-state index contributed by atoms with van der Waals surface area (Å²) in [6, 6.07) is 19.8. The van der Waals surface area contributed by atoms with Crippen LogP contribution in [-0.4, -0.2) is 0 Å². The van der Waals surface area contributed by atoms with Gasteiger partial charge in [0, 0.05) is 16.8 Å². The van der Waals surface area contributed by atoms with Crippen LogP contribution < -0.4 is 5.32 Å². The third-order valence-electron chi connectivity index (χ3n) is 5.11. The second-order valence-corrected chi connectivity index (χ2v) is 6.21. The van der Waals surface area contributed by atoms with Crippen molar-refractivity contribution in [2.75, 3.05) is 5.32 Å². The molecule has 2 heteroatoms. The predicted molar refractivity (Wildman–Crippen MR) is 87.1 cm³/mol. The van der Waals surface area contributed by atoms with Gasteiger partial charge < -0.3 is 5.32 Å². The summed E-state index contributed by atoms with van der Waals surface area (Å²) in [6.45, 7) is 2.25. The van der Waals surface area contributed by atoms with Crippen LogP contribution in [0.5, 0.6) is 0 Å². The van der Waals surface area contributed by atoms with E-state index < -0.39 is 0 Å². The SMILES string of the molecule is C[C@@]12c3ccccc3Nc3cccc(c31)-c1cc(F)ccc12. The van der Waals surface area contributed by atoms with Crippen LogP contribution in [0.25, 0.3) is 11.1 Å². The van der Waals surface area contributed by atoms with Gasteiger partial charge in [-0.25, -0.2) is 4.39 Å². The molecule has 0 radical (unpaired) electrons. The Balaban J connectivity index is 1.97. The molecule has 0 unspecified atom stereocenters. The van der Waals surface area contributed by atoms with E-state index in [-0.39, 0.29) is 11.2 Å². The summed E-state index contributed by atoms with van der Waals surface area (Å²) in [5.74, 6) is -0.181. The number of halogens is 1. The van der Waals surface area contributed by atoms with Crippen LogP contribution >= 0.6 is 0 Å². The summed E-state index contributed by atoms with van der Waals surface area (Å²) in [4.78, 5) is 0. The van der Waals surface area contributed by atoms with Crippen molar-refractivity contribution < 1.29 is 4.39 Å². The molecular formula is C20H14FN. The van der Waals surface area contributed by atoms with Gasteiger partial charge in [-0.1, -0.05) is 36.4 Å². The standard InChI is InChI=1S/C20H14FN/c1-20-15-10-9-12(21)11-14(15)13-5-4-8-18(19(13)20)22-17-7-3-2-6-16(17)20/h2-11,22H,1H3/t20-/m1/s1. The fourth-order valence-corrected chi connectivity index (χ4v) is 4.18.